The van der Waals surface area contributed by atoms with E-state index in [0.29, 0.717) is 34.6 Å². The first-order valence-corrected chi connectivity index (χ1v) is 10.3. The van der Waals surface area contributed by atoms with Crippen LogP contribution in [0.2, 0.25) is 0 Å². The molecule has 4 rings (SSSR count). The maximum Gasteiger partial charge on any atom is 0.257 e. The molecule has 162 valence electrons. The number of hydrogen-bond acceptors (Lipinski definition) is 7. The number of carbonyl (C=O) groups is 1. The van der Waals surface area contributed by atoms with Crippen LogP contribution in [0.15, 0.2) is 42.9 Å². The van der Waals surface area contributed by atoms with Gasteiger partial charge in [-0.3, -0.25) is 9.48 Å². The van der Waals surface area contributed by atoms with Crippen molar-refractivity contribution in [1.82, 2.24) is 19.7 Å². The molecule has 3 aromatic rings. The zero-order valence-corrected chi connectivity index (χ0v) is 17.8. The molecule has 1 fully saturated rings. The molecular weight excluding hydrogens is 396 g/mol. The van der Waals surface area contributed by atoms with E-state index in [1.54, 1.807) is 54.6 Å². The topological polar surface area (TPSA) is 103 Å². The predicted octanol–water partition coefficient (Wildman–Crippen LogP) is 3.86. The quantitative estimate of drug-likeness (QED) is 0.540. The summed E-state index contributed by atoms with van der Waals surface area (Å²) in [6.45, 7) is 4.75. The lowest BCUT2D eigenvalue weighted by molar-refractivity contribution is 0.102. The summed E-state index contributed by atoms with van der Waals surface area (Å²) in [5, 5.41) is 10.2. The normalized spacial score (nSPS) is 13.2. The van der Waals surface area contributed by atoms with Gasteiger partial charge < -0.3 is 20.1 Å². The van der Waals surface area contributed by atoms with Gasteiger partial charge in [0.05, 0.1) is 18.5 Å². The van der Waals surface area contributed by atoms with Gasteiger partial charge in [0.1, 0.15) is 17.3 Å². The molecule has 0 unspecified atom stereocenters. The Balaban J connectivity index is 1.49. The number of ether oxygens (including phenoxy) is 2. The number of nitrogens with one attached hydrogen (secondary N) is 2. The Bertz CT molecular complexity index is 1040. The van der Waals surface area contributed by atoms with Crippen molar-refractivity contribution in [2.45, 2.75) is 32.8 Å². The van der Waals surface area contributed by atoms with Gasteiger partial charge in [0.2, 0.25) is 5.88 Å². The third-order valence-corrected chi connectivity index (χ3v) is 4.59. The van der Waals surface area contributed by atoms with E-state index in [1.165, 1.54) is 12.8 Å². The Morgan fingerprint density at radius 3 is 2.61 bits per heavy atom. The van der Waals surface area contributed by atoms with Gasteiger partial charge in [0, 0.05) is 37.5 Å². The summed E-state index contributed by atoms with van der Waals surface area (Å²) in [5.74, 6) is 2.89. The second-order valence-corrected chi connectivity index (χ2v) is 7.85. The van der Waals surface area contributed by atoms with Gasteiger partial charge in [-0.2, -0.15) is 5.10 Å². The SMILES string of the molecule is CC(C)Oc1cc(Oc2cnc(NCC3CC3)cn2)cc(C(=O)Nc2ccn(C)n2)c1. The van der Waals surface area contributed by atoms with Crippen LogP contribution < -0.4 is 20.1 Å². The van der Waals surface area contributed by atoms with Crippen molar-refractivity contribution in [3.05, 3.63) is 48.4 Å². The van der Waals surface area contributed by atoms with E-state index < -0.39 is 0 Å². The number of hydrogen-bond donors (Lipinski definition) is 2. The molecule has 1 aromatic carbocycles. The van der Waals surface area contributed by atoms with E-state index in [-0.39, 0.29) is 12.0 Å². The minimum Gasteiger partial charge on any atom is -0.491 e. The average Bonchev–Trinajstić information content (AvgIpc) is 3.47. The maximum atomic E-state index is 12.7. The smallest absolute Gasteiger partial charge is 0.257 e. The molecule has 1 amide bonds. The first kappa shape index (κ1) is 20.6. The fraction of sp³-hybridized carbons (Fsp3) is 0.364. The lowest BCUT2D eigenvalue weighted by Gasteiger charge is -2.14. The summed E-state index contributed by atoms with van der Waals surface area (Å²) >= 11 is 0. The van der Waals surface area contributed by atoms with Gasteiger partial charge in [-0.05, 0) is 44.7 Å². The van der Waals surface area contributed by atoms with Crippen LogP contribution in [0, 0.1) is 5.92 Å². The van der Waals surface area contributed by atoms with Crippen LogP contribution >= 0.6 is 0 Å². The molecule has 2 heterocycles. The van der Waals surface area contributed by atoms with Gasteiger partial charge in [-0.15, -0.1) is 0 Å². The molecular formula is C22H26N6O3. The molecule has 0 saturated heterocycles. The largest absolute Gasteiger partial charge is 0.491 e. The lowest BCUT2D eigenvalue weighted by atomic mass is 10.2. The van der Waals surface area contributed by atoms with Crippen molar-refractivity contribution in [3.63, 3.8) is 0 Å². The molecule has 1 aliphatic carbocycles. The van der Waals surface area contributed by atoms with E-state index in [0.717, 1.165) is 12.5 Å². The highest BCUT2D eigenvalue weighted by Crippen LogP contribution is 2.29. The summed E-state index contributed by atoms with van der Waals surface area (Å²) in [5.41, 5.74) is 0.384. The maximum absolute atomic E-state index is 12.7. The van der Waals surface area contributed by atoms with Gasteiger partial charge in [0.15, 0.2) is 5.82 Å². The zero-order valence-electron chi connectivity index (χ0n) is 17.8. The van der Waals surface area contributed by atoms with Crippen LogP contribution in [0.5, 0.6) is 17.4 Å². The predicted molar refractivity (Wildman–Crippen MR) is 117 cm³/mol. The van der Waals surface area contributed by atoms with Crippen molar-refractivity contribution >= 4 is 17.5 Å². The number of rotatable bonds is 9. The third kappa shape index (κ3) is 5.94. The van der Waals surface area contributed by atoms with Crippen LogP contribution in [0.1, 0.15) is 37.0 Å². The van der Waals surface area contributed by atoms with Crippen LogP contribution in [0.3, 0.4) is 0 Å². The summed E-state index contributed by atoms with van der Waals surface area (Å²) in [6.07, 6.45) is 7.43. The summed E-state index contributed by atoms with van der Waals surface area (Å²) in [7, 11) is 1.78. The van der Waals surface area contributed by atoms with Crippen molar-refractivity contribution in [2.75, 3.05) is 17.2 Å². The molecule has 0 aliphatic heterocycles. The number of carbonyl (C=O) groups excluding carboxylic acids is 1. The molecule has 9 heteroatoms. The molecule has 2 aromatic heterocycles. The van der Waals surface area contributed by atoms with E-state index >= 15 is 0 Å². The van der Waals surface area contributed by atoms with Crippen molar-refractivity contribution in [2.24, 2.45) is 13.0 Å². The minimum atomic E-state index is -0.316. The second kappa shape index (κ2) is 9.03. The second-order valence-electron chi connectivity index (χ2n) is 7.85. The number of nitrogens with zero attached hydrogens (tertiary/aromatic N) is 4. The van der Waals surface area contributed by atoms with E-state index in [1.807, 2.05) is 13.8 Å². The first-order valence-electron chi connectivity index (χ1n) is 10.3. The number of anilines is 2. The van der Waals surface area contributed by atoms with Crippen LogP contribution in [-0.4, -0.2) is 38.3 Å². The molecule has 9 nitrogen and oxygen atoms in total. The highest BCUT2D eigenvalue weighted by atomic mass is 16.5. The average molecular weight is 422 g/mol. The Labute approximate surface area is 180 Å². The number of amides is 1. The Morgan fingerprint density at radius 2 is 1.97 bits per heavy atom. The summed E-state index contributed by atoms with van der Waals surface area (Å²) in [4.78, 5) is 21.4. The minimum absolute atomic E-state index is 0.0569. The van der Waals surface area contributed by atoms with Gasteiger partial charge >= 0.3 is 0 Å². The van der Waals surface area contributed by atoms with E-state index in [2.05, 4.69) is 25.7 Å². The zero-order chi connectivity index (χ0) is 21.8. The summed E-state index contributed by atoms with van der Waals surface area (Å²) in [6, 6.07) is 6.74. The molecule has 31 heavy (non-hydrogen) atoms. The lowest BCUT2D eigenvalue weighted by Crippen LogP contribution is -2.14. The Morgan fingerprint density at radius 1 is 1.16 bits per heavy atom. The summed E-state index contributed by atoms with van der Waals surface area (Å²) < 4.78 is 13.3. The number of aryl methyl sites for hydroxylation is 1. The van der Waals surface area contributed by atoms with Gasteiger partial charge in [-0.25, -0.2) is 9.97 Å². The molecule has 0 atom stereocenters. The Kier molecular flexibility index (Phi) is 6.01. The fourth-order valence-electron chi connectivity index (χ4n) is 2.92. The monoisotopic (exact) mass is 422 g/mol. The van der Waals surface area contributed by atoms with E-state index in [9.17, 15) is 4.79 Å². The molecule has 0 spiro atoms. The number of aromatic nitrogens is 4. The van der Waals surface area contributed by atoms with Gasteiger partial charge in [0.25, 0.3) is 5.91 Å². The first-order chi connectivity index (χ1) is 14.9. The van der Waals surface area contributed by atoms with Crippen molar-refractivity contribution < 1.29 is 14.3 Å². The number of benzene rings is 1. The fourth-order valence-corrected chi connectivity index (χ4v) is 2.92. The highest BCUT2D eigenvalue weighted by Gasteiger charge is 2.20. The van der Waals surface area contributed by atoms with Crippen LogP contribution in [0.25, 0.3) is 0 Å². The molecule has 2 N–H and O–H groups in total. The molecule has 0 bridgehead atoms. The van der Waals surface area contributed by atoms with Gasteiger partial charge in [-0.1, -0.05) is 0 Å². The molecule has 0 radical (unpaired) electrons. The van der Waals surface area contributed by atoms with Crippen molar-refractivity contribution in [1.29, 1.82) is 0 Å². The standard InChI is InChI=1S/C22H26N6O3/c1-14(2)30-17-8-16(22(29)26-19-6-7-28(3)27-19)9-18(10-17)31-21-13-24-20(12-25-21)23-11-15-4-5-15/h6-10,12-15H,4-5,11H2,1-3H3,(H,23,24)(H,26,27,29). The Hall–Kier alpha value is -3.62. The van der Waals surface area contributed by atoms with Crippen molar-refractivity contribution in [3.8, 4) is 17.4 Å². The van der Waals surface area contributed by atoms with E-state index in [4.69, 9.17) is 9.47 Å². The molecule has 1 saturated carbocycles. The van der Waals surface area contributed by atoms with Crippen LogP contribution in [0.4, 0.5) is 11.6 Å². The third-order valence-electron chi connectivity index (χ3n) is 4.59. The van der Waals surface area contributed by atoms with Crippen LogP contribution in [-0.2, 0) is 7.05 Å². The molecule has 1 aliphatic rings. The highest BCUT2D eigenvalue weighted by molar-refractivity contribution is 6.04.